The van der Waals surface area contributed by atoms with Crippen LogP contribution >= 0.6 is 8.60 Å². The summed E-state index contributed by atoms with van der Waals surface area (Å²) < 4.78 is 19.9. The third-order valence-electron chi connectivity index (χ3n) is 6.18. The molecule has 0 aromatic carbocycles. The lowest BCUT2D eigenvalue weighted by Crippen LogP contribution is -2.40. The van der Waals surface area contributed by atoms with E-state index >= 15 is 0 Å². The number of hydrogen-bond donors (Lipinski definition) is 3. The molecule has 1 aliphatic rings. The molecule has 1 fully saturated rings. The number of carbonyl (C=O) groups excluding carboxylic acids is 1. The van der Waals surface area contributed by atoms with Gasteiger partial charge >= 0.3 is 20.3 Å². The molecular formula is C24H36N5O8P. The van der Waals surface area contributed by atoms with Crippen LogP contribution in [0.2, 0.25) is 0 Å². The number of esters is 1. The quantitative estimate of drug-likeness (QED) is 0.103. The van der Waals surface area contributed by atoms with Gasteiger partial charge < -0.3 is 33.7 Å². The van der Waals surface area contributed by atoms with Crippen LogP contribution in [0.25, 0.3) is 11.2 Å². The zero-order valence-electron chi connectivity index (χ0n) is 21.9. The van der Waals surface area contributed by atoms with E-state index < -0.39 is 25.8 Å². The fourth-order valence-electron chi connectivity index (χ4n) is 4.09. The Labute approximate surface area is 221 Å². The number of allylic oxidation sites excluding steroid dienone is 2. The van der Waals surface area contributed by atoms with E-state index in [9.17, 15) is 14.4 Å². The Morgan fingerprint density at radius 2 is 2.08 bits per heavy atom. The normalized spacial score (nSPS) is 18.2. The largest absolute Gasteiger partial charge is 0.460 e. The maximum Gasteiger partial charge on any atom is 0.333 e. The van der Waals surface area contributed by atoms with Gasteiger partial charge in [-0.15, -0.1) is 0 Å². The molecule has 3 rings (SSSR count). The van der Waals surface area contributed by atoms with Gasteiger partial charge in [0, 0.05) is 19.2 Å². The Hall–Kier alpha value is -2.83. The topological polar surface area (TPSA) is 159 Å². The molecule has 3 N–H and O–H groups in total. The molecular weight excluding hydrogens is 517 g/mol. The third-order valence-corrected chi connectivity index (χ3v) is 6.56. The van der Waals surface area contributed by atoms with Crippen LogP contribution in [0.4, 0.5) is 0 Å². The molecule has 0 saturated carbocycles. The highest BCUT2D eigenvalue weighted by Crippen LogP contribution is 2.27. The lowest BCUT2D eigenvalue weighted by Gasteiger charge is -2.13. The average Bonchev–Trinajstić information content (AvgIpc) is 3.53. The van der Waals surface area contributed by atoms with E-state index in [2.05, 4.69) is 17.2 Å². The molecule has 1 saturated heterocycles. The maximum atomic E-state index is 13.1. The molecule has 2 aromatic rings. The van der Waals surface area contributed by atoms with Crippen molar-refractivity contribution in [3.8, 4) is 0 Å². The lowest BCUT2D eigenvalue weighted by atomic mass is 10.2. The minimum atomic E-state index is -2.39. The van der Waals surface area contributed by atoms with Crippen molar-refractivity contribution in [3.63, 3.8) is 0 Å². The molecule has 1 aliphatic heterocycles. The zero-order valence-corrected chi connectivity index (χ0v) is 22.8. The van der Waals surface area contributed by atoms with E-state index in [-0.39, 0.29) is 32.1 Å². The SMILES string of the molecule is CCCCCn1cnc2c1c(=O)n(CCOC(=O)/C(C)=C/C=C\NC1CCC(COP(O)O)O1)c(=O)n2C. The number of fused-ring (bicyclic) bond motifs is 1. The van der Waals surface area contributed by atoms with E-state index in [0.717, 1.165) is 36.7 Å². The molecule has 0 amide bonds. The zero-order chi connectivity index (χ0) is 27.7. The minimum Gasteiger partial charge on any atom is -0.460 e. The maximum absolute atomic E-state index is 13.1. The summed E-state index contributed by atoms with van der Waals surface area (Å²) in [5.41, 5.74) is 0.0623. The number of nitrogens with one attached hydrogen (secondary N) is 1. The van der Waals surface area contributed by atoms with Gasteiger partial charge in [0.15, 0.2) is 11.2 Å². The summed E-state index contributed by atoms with van der Waals surface area (Å²) in [5, 5.41) is 3.05. The molecule has 0 spiro atoms. The number of imidazole rings is 1. The smallest absolute Gasteiger partial charge is 0.333 e. The predicted molar refractivity (Wildman–Crippen MR) is 141 cm³/mol. The van der Waals surface area contributed by atoms with Crippen molar-refractivity contribution in [3.05, 3.63) is 51.1 Å². The van der Waals surface area contributed by atoms with Gasteiger partial charge in [-0.1, -0.05) is 25.8 Å². The highest BCUT2D eigenvalue weighted by atomic mass is 31.2. The van der Waals surface area contributed by atoms with E-state index in [1.165, 1.54) is 4.57 Å². The number of carbonyl (C=O) groups is 1. The predicted octanol–water partition coefficient (Wildman–Crippen LogP) is 1.41. The molecule has 210 valence electrons. The standard InChI is InChI=1S/C24H36N5O8P/c1-4-5-6-12-28-16-26-21-20(28)22(30)29(24(32)27(21)3)13-14-35-23(31)17(2)8-7-11-25-19-10-9-18(37-19)15-36-38(33)34/h7-8,11,16,18-19,25,33-34H,4-6,9-10,12-15H2,1-3H3/b11-7-,17-8+. The minimum absolute atomic E-state index is 0.0730. The number of nitrogens with zero attached hydrogens (tertiary/aromatic N) is 4. The summed E-state index contributed by atoms with van der Waals surface area (Å²) in [6.45, 7) is 4.23. The number of ether oxygens (including phenoxy) is 2. The fourth-order valence-corrected chi connectivity index (χ4v) is 4.39. The number of aryl methyl sites for hydroxylation is 2. The second-order valence-electron chi connectivity index (χ2n) is 9.00. The van der Waals surface area contributed by atoms with Gasteiger partial charge in [-0.3, -0.25) is 13.9 Å². The van der Waals surface area contributed by atoms with Crippen LogP contribution in [0.5, 0.6) is 0 Å². The van der Waals surface area contributed by atoms with Gasteiger partial charge in [0.2, 0.25) is 0 Å². The summed E-state index contributed by atoms with van der Waals surface area (Å²) in [4.78, 5) is 60.0. The Kier molecular flexibility index (Phi) is 11.2. The van der Waals surface area contributed by atoms with Crippen LogP contribution in [-0.4, -0.2) is 60.0 Å². The molecule has 38 heavy (non-hydrogen) atoms. The van der Waals surface area contributed by atoms with E-state index in [4.69, 9.17) is 23.8 Å². The highest BCUT2D eigenvalue weighted by molar-refractivity contribution is 7.39. The van der Waals surface area contributed by atoms with Gasteiger partial charge in [-0.05, 0) is 38.5 Å². The Bertz CT molecular complexity index is 1260. The summed E-state index contributed by atoms with van der Waals surface area (Å²) in [7, 11) is -0.830. The first-order chi connectivity index (χ1) is 18.2. The molecule has 2 unspecified atom stereocenters. The molecule has 3 heterocycles. The van der Waals surface area contributed by atoms with Gasteiger partial charge in [0.25, 0.3) is 5.56 Å². The van der Waals surface area contributed by atoms with Crippen molar-refractivity contribution < 1.29 is 28.6 Å². The van der Waals surface area contributed by atoms with Crippen LogP contribution in [0, 0.1) is 0 Å². The fraction of sp³-hybridized carbons (Fsp3) is 0.583. The Morgan fingerprint density at radius 3 is 2.82 bits per heavy atom. The van der Waals surface area contributed by atoms with Crippen molar-refractivity contribution in [1.82, 2.24) is 24.0 Å². The first-order valence-electron chi connectivity index (χ1n) is 12.6. The molecule has 0 aliphatic carbocycles. The van der Waals surface area contributed by atoms with E-state index in [1.807, 2.05) is 0 Å². The van der Waals surface area contributed by atoms with Crippen LogP contribution < -0.4 is 16.6 Å². The Balaban J connectivity index is 1.52. The number of rotatable bonds is 14. The Morgan fingerprint density at radius 1 is 1.29 bits per heavy atom. The lowest BCUT2D eigenvalue weighted by molar-refractivity contribution is -0.139. The molecule has 2 aromatic heterocycles. The second-order valence-corrected chi connectivity index (χ2v) is 9.76. The van der Waals surface area contributed by atoms with Crippen molar-refractivity contribution in [2.75, 3.05) is 13.2 Å². The first kappa shape index (κ1) is 29.7. The third kappa shape index (κ3) is 7.84. The highest BCUT2D eigenvalue weighted by Gasteiger charge is 2.25. The van der Waals surface area contributed by atoms with Crippen LogP contribution in [-0.2, 0) is 38.9 Å². The van der Waals surface area contributed by atoms with Crippen LogP contribution in [0.15, 0.2) is 39.8 Å². The number of aromatic nitrogens is 4. The second kappa shape index (κ2) is 14.4. The van der Waals surface area contributed by atoms with E-state index in [0.29, 0.717) is 23.3 Å². The monoisotopic (exact) mass is 553 g/mol. The molecule has 0 radical (unpaired) electrons. The van der Waals surface area contributed by atoms with Crippen molar-refractivity contribution in [2.45, 2.75) is 71.4 Å². The molecule has 13 nitrogen and oxygen atoms in total. The first-order valence-corrected chi connectivity index (χ1v) is 13.8. The van der Waals surface area contributed by atoms with Crippen LogP contribution in [0.1, 0.15) is 46.0 Å². The van der Waals surface area contributed by atoms with Gasteiger partial charge in [-0.25, -0.2) is 14.6 Å². The van der Waals surface area contributed by atoms with Crippen LogP contribution in [0.3, 0.4) is 0 Å². The summed E-state index contributed by atoms with van der Waals surface area (Å²) in [5.74, 6) is -0.566. The molecule has 0 bridgehead atoms. The summed E-state index contributed by atoms with van der Waals surface area (Å²) >= 11 is 0. The molecule has 2 atom stereocenters. The van der Waals surface area contributed by atoms with Crippen molar-refractivity contribution in [2.24, 2.45) is 7.05 Å². The average molecular weight is 554 g/mol. The summed E-state index contributed by atoms with van der Waals surface area (Å²) in [6, 6.07) is 0. The summed E-state index contributed by atoms with van der Waals surface area (Å²) in [6.07, 6.45) is 10.4. The van der Waals surface area contributed by atoms with Gasteiger partial charge in [-0.2, -0.15) is 0 Å². The van der Waals surface area contributed by atoms with Gasteiger partial charge in [0.05, 0.1) is 25.6 Å². The van der Waals surface area contributed by atoms with Gasteiger partial charge in [0.1, 0.15) is 12.8 Å². The molecule has 14 heteroatoms. The van der Waals surface area contributed by atoms with Crippen molar-refractivity contribution in [1.29, 1.82) is 0 Å². The van der Waals surface area contributed by atoms with E-state index in [1.54, 1.807) is 43.2 Å². The number of unbranched alkanes of at least 4 members (excludes halogenated alkanes) is 2. The number of hydrogen-bond acceptors (Lipinski definition) is 10. The van der Waals surface area contributed by atoms with Crippen molar-refractivity contribution >= 4 is 25.7 Å².